The number of rotatable bonds is 3. The van der Waals surface area contributed by atoms with Crippen LogP contribution in [-0.2, 0) is 6.42 Å². The molecule has 5 nitrogen and oxygen atoms in total. The number of aromatic nitrogens is 2. The van der Waals surface area contributed by atoms with Crippen LogP contribution in [0, 0.1) is 5.82 Å². The van der Waals surface area contributed by atoms with Crippen LogP contribution in [-0.4, -0.2) is 14.7 Å². The molecule has 18 heavy (non-hydrogen) atoms. The van der Waals surface area contributed by atoms with Crippen molar-refractivity contribution >= 4 is 11.3 Å². The highest BCUT2D eigenvalue weighted by atomic mass is 32.1. The molecule has 0 fully saturated rings. The lowest BCUT2D eigenvalue weighted by molar-refractivity contribution is 0.337. The standard InChI is InChI=1S/C11H11FN2O3S/c1-6(4-7-2-3-18-5-7)14-10(16)8(12)9(15)13-11(14)17/h2-3,5-6,16H,4H2,1H3,(H,13,15,17). The molecule has 0 bridgehead atoms. The molecule has 2 aromatic heterocycles. The smallest absolute Gasteiger partial charge is 0.331 e. The molecule has 2 rings (SSSR count). The van der Waals surface area contributed by atoms with E-state index in [9.17, 15) is 19.1 Å². The van der Waals surface area contributed by atoms with Crippen LogP contribution in [0.5, 0.6) is 5.88 Å². The van der Waals surface area contributed by atoms with Gasteiger partial charge in [0.25, 0.3) is 5.56 Å². The fourth-order valence-electron chi connectivity index (χ4n) is 1.77. The van der Waals surface area contributed by atoms with Crippen LogP contribution in [0.4, 0.5) is 4.39 Å². The molecule has 0 aliphatic rings. The van der Waals surface area contributed by atoms with Gasteiger partial charge in [-0.3, -0.25) is 14.3 Å². The molecular weight excluding hydrogens is 259 g/mol. The van der Waals surface area contributed by atoms with Gasteiger partial charge in [0.05, 0.1) is 0 Å². The minimum atomic E-state index is -1.34. The SMILES string of the molecule is CC(Cc1ccsc1)n1c(O)c(F)c(=O)[nH]c1=O. The molecule has 96 valence electrons. The van der Waals surface area contributed by atoms with E-state index in [0.717, 1.165) is 10.1 Å². The molecule has 1 unspecified atom stereocenters. The molecule has 2 N–H and O–H groups in total. The topological polar surface area (TPSA) is 75.1 Å². The Balaban J connectivity index is 2.42. The number of nitrogens with one attached hydrogen (secondary N) is 1. The predicted molar refractivity (Wildman–Crippen MR) is 65.7 cm³/mol. The van der Waals surface area contributed by atoms with E-state index in [1.807, 2.05) is 21.8 Å². The molecule has 7 heteroatoms. The Labute approximate surface area is 105 Å². The quantitative estimate of drug-likeness (QED) is 0.881. The van der Waals surface area contributed by atoms with Crippen LogP contribution in [0.1, 0.15) is 18.5 Å². The van der Waals surface area contributed by atoms with E-state index in [0.29, 0.717) is 6.42 Å². The number of hydrogen-bond acceptors (Lipinski definition) is 4. The lowest BCUT2D eigenvalue weighted by Crippen LogP contribution is -2.34. The second-order valence-electron chi connectivity index (χ2n) is 3.95. The van der Waals surface area contributed by atoms with Crippen molar-refractivity contribution in [2.45, 2.75) is 19.4 Å². The fourth-order valence-corrected chi connectivity index (χ4v) is 2.45. The monoisotopic (exact) mass is 270 g/mol. The van der Waals surface area contributed by atoms with Gasteiger partial charge >= 0.3 is 5.69 Å². The summed E-state index contributed by atoms with van der Waals surface area (Å²) in [6.07, 6.45) is 0.461. The van der Waals surface area contributed by atoms with Crippen molar-refractivity contribution in [3.63, 3.8) is 0 Å². The first-order valence-corrected chi connectivity index (χ1v) is 6.19. The third kappa shape index (κ3) is 2.21. The van der Waals surface area contributed by atoms with Gasteiger partial charge in [-0.15, -0.1) is 0 Å². The Morgan fingerprint density at radius 3 is 2.89 bits per heavy atom. The average Bonchev–Trinajstić information content (AvgIpc) is 2.78. The van der Waals surface area contributed by atoms with Gasteiger partial charge < -0.3 is 5.11 Å². The van der Waals surface area contributed by atoms with Gasteiger partial charge in [-0.1, -0.05) is 0 Å². The van der Waals surface area contributed by atoms with E-state index < -0.39 is 29.0 Å². The third-order valence-corrected chi connectivity index (χ3v) is 3.35. The first kappa shape index (κ1) is 12.6. The van der Waals surface area contributed by atoms with Crippen molar-refractivity contribution in [1.82, 2.24) is 9.55 Å². The van der Waals surface area contributed by atoms with Crippen molar-refractivity contribution in [1.29, 1.82) is 0 Å². The van der Waals surface area contributed by atoms with Crippen LogP contribution in [0.2, 0.25) is 0 Å². The fraction of sp³-hybridized carbons (Fsp3) is 0.273. The largest absolute Gasteiger partial charge is 0.492 e. The summed E-state index contributed by atoms with van der Waals surface area (Å²) in [4.78, 5) is 24.3. The molecule has 2 aromatic rings. The number of halogens is 1. The van der Waals surface area contributed by atoms with Gasteiger partial charge in [0.15, 0.2) is 0 Å². The highest BCUT2D eigenvalue weighted by Gasteiger charge is 2.18. The zero-order valence-corrected chi connectivity index (χ0v) is 10.3. The predicted octanol–water partition coefficient (Wildman–Crippen LogP) is 1.25. The van der Waals surface area contributed by atoms with E-state index in [2.05, 4.69) is 0 Å². The number of thiophene rings is 1. The number of aromatic hydroxyl groups is 1. The summed E-state index contributed by atoms with van der Waals surface area (Å²) < 4.78 is 14.1. The summed E-state index contributed by atoms with van der Waals surface area (Å²) in [5.74, 6) is -2.27. The van der Waals surface area contributed by atoms with Gasteiger partial charge in [-0.05, 0) is 35.7 Å². The molecule has 0 aliphatic carbocycles. The lowest BCUT2D eigenvalue weighted by atomic mass is 10.1. The number of H-pyrrole nitrogens is 1. The van der Waals surface area contributed by atoms with Crippen molar-refractivity contribution < 1.29 is 9.50 Å². The summed E-state index contributed by atoms with van der Waals surface area (Å²) >= 11 is 1.51. The second-order valence-corrected chi connectivity index (χ2v) is 4.73. The van der Waals surface area contributed by atoms with E-state index >= 15 is 0 Å². The highest BCUT2D eigenvalue weighted by molar-refractivity contribution is 7.07. The number of nitrogens with zero attached hydrogens (tertiary/aromatic N) is 1. The van der Waals surface area contributed by atoms with Gasteiger partial charge in [0.2, 0.25) is 11.7 Å². The van der Waals surface area contributed by atoms with E-state index in [-0.39, 0.29) is 0 Å². The molecule has 0 spiro atoms. The zero-order valence-electron chi connectivity index (χ0n) is 9.51. The minimum Gasteiger partial charge on any atom is -0.492 e. The van der Waals surface area contributed by atoms with Crippen LogP contribution in [0.3, 0.4) is 0 Å². The molecule has 0 aromatic carbocycles. The van der Waals surface area contributed by atoms with Gasteiger partial charge in [0, 0.05) is 6.04 Å². The van der Waals surface area contributed by atoms with Crippen LogP contribution in [0.25, 0.3) is 0 Å². The van der Waals surface area contributed by atoms with Crippen molar-refractivity contribution in [3.8, 4) is 5.88 Å². The third-order valence-electron chi connectivity index (χ3n) is 2.62. The number of aromatic amines is 1. The first-order chi connectivity index (χ1) is 8.50. The zero-order chi connectivity index (χ0) is 13.3. The summed E-state index contributed by atoms with van der Waals surface area (Å²) in [5.41, 5.74) is -1.05. The van der Waals surface area contributed by atoms with E-state index in [4.69, 9.17) is 0 Å². The average molecular weight is 270 g/mol. The first-order valence-electron chi connectivity index (χ1n) is 5.25. The summed E-state index contributed by atoms with van der Waals surface area (Å²) in [6, 6.07) is 1.42. The Kier molecular flexibility index (Phi) is 3.33. The highest BCUT2D eigenvalue weighted by Crippen LogP contribution is 2.19. The van der Waals surface area contributed by atoms with Crippen molar-refractivity contribution in [3.05, 3.63) is 49.0 Å². The lowest BCUT2D eigenvalue weighted by Gasteiger charge is -2.15. The summed E-state index contributed by atoms with van der Waals surface area (Å²) in [5, 5.41) is 13.3. The molecule has 1 atom stereocenters. The summed E-state index contributed by atoms with van der Waals surface area (Å²) in [7, 11) is 0. The molecule has 0 amide bonds. The molecule has 2 heterocycles. The molecule has 0 aliphatic heterocycles. The Hall–Kier alpha value is -1.89. The maximum Gasteiger partial charge on any atom is 0.331 e. The van der Waals surface area contributed by atoms with Crippen molar-refractivity contribution in [2.75, 3.05) is 0 Å². The van der Waals surface area contributed by atoms with Gasteiger partial charge in [-0.2, -0.15) is 15.7 Å². The van der Waals surface area contributed by atoms with Crippen LogP contribution in [0.15, 0.2) is 26.4 Å². The maximum atomic E-state index is 13.3. The minimum absolute atomic E-state index is 0.460. The molecule has 0 saturated heterocycles. The van der Waals surface area contributed by atoms with E-state index in [1.54, 1.807) is 6.92 Å². The second kappa shape index (κ2) is 4.77. The Bertz CT molecular complexity index is 660. The Morgan fingerprint density at radius 1 is 1.56 bits per heavy atom. The molecule has 0 radical (unpaired) electrons. The van der Waals surface area contributed by atoms with Crippen LogP contribution < -0.4 is 11.2 Å². The number of hydrogen-bond donors (Lipinski definition) is 2. The van der Waals surface area contributed by atoms with Gasteiger partial charge in [0.1, 0.15) is 0 Å². The van der Waals surface area contributed by atoms with Crippen molar-refractivity contribution in [2.24, 2.45) is 0 Å². The van der Waals surface area contributed by atoms with Crippen LogP contribution >= 0.6 is 11.3 Å². The molecule has 0 saturated carbocycles. The normalized spacial score (nSPS) is 12.6. The molecular formula is C11H11FN2O3S. The van der Waals surface area contributed by atoms with Gasteiger partial charge in [-0.25, -0.2) is 4.79 Å². The Morgan fingerprint density at radius 2 is 2.28 bits per heavy atom. The maximum absolute atomic E-state index is 13.3. The van der Waals surface area contributed by atoms with E-state index in [1.165, 1.54) is 11.3 Å². The summed E-state index contributed by atoms with van der Waals surface area (Å²) in [6.45, 7) is 1.66.